The van der Waals surface area contributed by atoms with E-state index in [0.29, 0.717) is 25.7 Å². The van der Waals surface area contributed by atoms with Crippen LogP contribution in [0.5, 0.6) is 0 Å². The normalized spacial score (nSPS) is 19.5. The Balaban J connectivity index is 1.94. The first kappa shape index (κ1) is 21.6. The highest BCUT2D eigenvalue weighted by atomic mass is 31.2. The lowest BCUT2D eigenvalue weighted by Crippen LogP contribution is -2.44. The third-order valence-electron chi connectivity index (χ3n) is 4.66. The number of carboxylic acid groups (broad SMARTS) is 1. The number of nitrogens with zero attached hydrogens (tertiary/aromatic N) is 1. The Bertz CT molecular complexity index is 667. The summed E-state index contributed by atoms with van der Waals surface area (Å²) in [6, 6.07) is 9.55. The largest absolute Gasteiger partial charge is 0.480 e. The highest BCUT2D eigenvalue weighted by Gasteiger charge is 2.42. The minimum Gasteiger partial charge on any atom is -0.480 e. The molecule has 0 saturated carbocycles. The van der Waals surface area contributed by atoms with Crippen LogP contribution in [0.2, 0.25) is 0 Å². The second kappa shape index (κ2) is 10.6. The molecule has 0 aromatic heterocycles. The lowest BCUT2D eigenvalue weighted by atomic mass is 10.1. The topological polar surface area (TPSA) is 95.9 Å². The van der Waals surface area contributed by atoms with Gasteiger partial charge in [-0.25, -0.2) is 4.67 Å². The Morgan fingerprint density at radius 3 is 2.70 bits per heavy atom. The quantitative estimate of drug-likeness (QED) is 0.441. The minimum atomic E-state index is -3.12. The maximum absolute atomic E-state index is 13.5. The Labute approximate surface area is 160 Å². The van der Waals surface area contributed by atoms with Crippen LogP contribution in [-0.2, 0) is 25.1 Å². The van der Waals surface area contributed by atoms with Crippen molar-refractivity contribution < 1.29 is 23.8 Å². The zero-order valence-corrected chi connectivity index (χ0v) is 16.7. The van der Waals surface area contributed by atoms with Gasteiger partial charge in [0.15, 0.2) is 0 Å². The minimum absolute atomic E-state index is 0.315. The maximum Gasteiger partial charge on any atom is 0.322 e. The van der Waals surface area contributed by atoms with Crippen LogP contribution in [0, 0.1) is 0 Å². The van der Waals surface area contributed by atoms with Gasteiger partial charge in [0, 0.05) is 12.7 Å². The molecule has 0 bridgehead atoms. The molecule has 0 spiro atoms. The van der Waals surface area contributed by atoms with E-state index >= 15 is 0 Å². The third kappa shape index (κ3) is 6.45. The number of benzene rings is 1. The van der Waals surface area contributed by atoms with Gasteiger partial charge in [0.2, 0.25) is 5.91 Å². The van der Waals surface area contributed by atoms with Crippen LogP contribution in [-0.4, -0.2) is 53.6 Å². The molecular weight excluding hydrogens is 367 g/mol. The molecule has 1 heterocycles. The summed E-state index contributed by atoms with van der Waals surface area (Å²) >= 11 is 0. The van der Waals surface area contributed by atoms with Crippen LogP contribution in [0.3, 0.4) is 0 Å². The van der Waals surface area contributed by atoms with Gasteiger partial charge in [0.1, 0.15) is 6.54 Å². The van der Waals surface area contributed by atoms with Crippen molar-refractivity contribution in [2.45, 2.75) is 45.1 Å². The standard InChI is InChI=1S/C19H29N2O5P/c1-2-26-27(25,14-7-6-11-16-9-4-3-5-10-16)21-13-8-12-17(21)19(24)20-15-18(22)23/h3-5,9-10,17H,2,6-8,11-15H2,1H3,(H,20,24)(H,22,23)/t17-,27?/m1/s1. The second-order valence-electron chi connectivity index (χ2n) is 6.65. The summed E-state index contributed by atoms with van der Waals surface area (Å²) in [6.45, 7) is 2.21. The molecule has 7 nitrogen and oxygen atoms in total. The van der Waals surface area contributed by atoms with E-state index in [1.165, 1.54) is 5.56 Å². The van der Waals surface area contributed by atoms with Crippen molar-refractivity contribution in [2.24, 2.45) is 0 Å². The van der Waals surface area contributed by atoms with Crippen molar-refractivity contribution in [2.75, 3.05) is 25.9 Å². The molecule has 2 N–H and O–H groups in total. The van der Waals surface area contributed by atoms with E-state index in [9.17, 15) is 14.2 Å². The molecule has 1 amide bonds. The number of carboxylic acids is 1. The van der Waals surface area contributed by atoms with Crippen LogP contribution in [0.1, 0.15) is 38.2 Å². The van der Waals surface area contributed by atoms with E-state index in [4.69, 9.17) is 9.63 Å². The monoisotopic (exact) mass is 396 g/mol. The molecule has 0 radical (unpaired) electrons. The van der Waals surface area contributed by atoms with E-state index in [-0.39, 0.29) is 5.91 Å². The number of carbonyl (C=O) groups is 2. The summed E-state index contributed by atoms with van der Waals surface area (Å²) in [5.74, 6) is -1.49. The maximum atomic E-state index is 13.5. The average molecular weight is 396 g/mol. The van der Waals surface area contributed by atoms with Gasteiger partial charge in [-0.3, -0.25) is 14.2 Å². The van der Waals surface area contributed by atoms with E-state index in [2.05, 4.69) is 17.4 Å². The second-order valence-corrected chi connectivity index (χ2v) is 9.15. The van der Waals surface area contributed by atoms with Gasteiger partial charge in [-0.2, -0.15) is 0 Å². The molecule has 8 heteroatoms. The third-order valence-corrected chi connectivity index (χ3v) is 7.47. The number of nitrogens with one attached hydrogen (secondary N) is 1. The van der Waals surface area contributed by atoms with Crippen LogP contribution in [0.15, 0.2) is 30.3 Å². The molecular formula is C19H29N2O5P. The van der Waals surface area contributed by atoms with E-state index < -0.39 is 26.1 Å². The number of aliphatic carboxylic acids is 1. The van der Waals surface area contributed by atoms with Gasteiger partial charge in [-0.15, -0.1) is 0 Å². The van der Waals surface area contributed by atoms with E-state index in [1.54, 1.807) is 11.6 Å². The molecule has 1 aliphatic heterocycles. The zero-order valence-electron chi connectivity index (χ0n) is 15.8. The smallest absolute Gasteiger partial charge is 0.322 e. The first-order valence-electron chi connectivity index (χ1n) is 9.50. The molecule has 1 saturated heterocycles. The fraction of sp³-hybridized carbons (Fsp3) is 0.579. The van der Waals surface area contributed by atoms with Gasteiger partial charge >= 0.3 is 5.97 Å². The van der Waals surface area contributed by atoms with Gasteiger partial charge in [0.25, 0.3) is 7.52 Å². The van der Waals surface area contributed by atoms with Crippen LogP contribution >= 0.6 is 7.52 Å². The van der Waals surface area contributed by atoms with Gasteiger partial charge < -0.3 is 14.9 Å². The van der Waals surface area contributed by atoms with Gasteiger partial charge in [0.05, 0.1) is 12.6 Å². The van der Waals surface area contributed by atoms with Crippen molar-refractivity contribution in [3.63, 3.8) is 0 Å². The summed E-state index contributed by atoms with van der Waals surface area (Å²) in [5, 5.41) is 11.1. The molecule has 2 rings (SSSR count). The zero-order chi connectivity index (χ0) is 19.7. The average Bonchev–Trinajstić information content (AvgIpc) is 3.15. The molecule has 2 atom stereocenters. The van der Waals surface area contributed by atoms with Crippen LogP contribution in [0.25, 0.3) is 0 Å². The van der Waals surface area contributed by atoms with Crippen molar-refractivity contribution >= 4 is 19.4 Å². The predicted octanol–water partition coefficient (Wildman–Crippen LogP) is 2.90. The lowest BCUT2D eigenvalue weighted by Gasteiger charge is -2.31. The number of carbonyl (C=O) groups excluding carboxylic acids is 1. The Morgan fingerprint density at radius 1 is 1.30 bits per heavy atom. The molecule has 1 fully saturated rings. The molecule has 1 aliphatic rings. The predicted molar refractivity (Wildman–Crippen MR) is 104 cm³/mol. The Kier molecular flexibility index (Phi) is 8.48. The van der Waals surface area contributed by atoms with Crippen LogP contribution < -0.4 is 5.32 Å². The number of aryl methyl sites for hydroxylation is 1. The lowest BCUT2D eigenvalue weighted by molar-refractivity contribution is -0.138. The number of amides is 1. The summed E-state index contributed by atoms with van der Waals surface area (Å²) in [6.07, 6.45) is 4.25. The highest BCUT2D eigenvalue weighted by molar-refractivity contribution is 7.56. The molecule has 27 heavy (non-hydrogen) atoms. The highest BCUT2D eigenvalue weighted by Crippen LogP contribution is 2.55. The van der Waals surface area contributed by atoms with Crippen molar-refractivity contribution in [1.29, 1.82) is 0 Å². The summed E-state index contributed by atoms with van der Waals surface area (Å²) in [7, 11) is -3.12. The molecule has 0 aliphatic carbocycles. The van der Waals surface area contributed by atoms with Gasteiger partial charge in [-0.05, 0) is 44.6 Å². The van der Waals surface area contributed by atoms with Crippen molar-refractivity contribution in [1.82, 2.24) is 9.99 Å². The summed E-state index contributed by atoms with van der Waals surface area (Å²) in [4.78, 5) is 23.0. The first-order chi connectivity index (χ1) is 13.0. The van der Waals surface area contributed by atoms with Crippen molar-refractivity contribution in [3.05, 3.63) is 35.9 Å². The number of hydrogen-bond acceptors (Lipinski definition) is 4. The number of rotatable bonds is 11. The van der Waals surface area contributed by atoms with Crippen molar-refractivity contribution in [3.8, 4) is 0 Å². The fourth-order valence-electron chi connectivity index (χ4n) is 3.42. The van der Waals surface area contributed by atoms with Crippen LogP contribution in [0.4, 0.5) is 0 Å². The SMILES string of the molecule is CCOP(=O)(CCCCc1ccccc1)N1CCC[C@@H]1C(=O)NCC(=O)O. The van der Waals surface area contributed by atoms with E-state index in [1.807, 2.05) is 18.2 Å². The Morgan fingerprint density at radius 2 is 2.04 bits per heavy atom. The molecule has 1 aromatic rings. The summed E-state index contributed by atoms with van der Waals surface area (Å²) in [5.41, 5.74) is 1.25. The summed E-state index contributed by atoms with van der Waals surface area (Å²) < 4.78 is 20.8. The first-order valence-corrected chi connectivity index (χ1v) is 11.3. The van der Waals surface area contributed by atoms with E-state index in [0.717, 1.165) is 25.7 Å². The molecule has 1 aromatic carbocycles. The Hall–Kier alpha value is -1.69. The molecule has 150 valence electrons. The number of unbranched alkanes of at least 4 members (excludes halogenated alkanes) is 1. The van der Waals surface area contributed by atoms with Gasteiger partial charge in [-0.1, -0.05) is 30.3 Å². The number of hydrogen-bond donors (Lipinski definition) is 2. The fourth-order valence-corrected chi connectivity index (χ4v) is 6.07. The molecule has 1 unspecified atom stereocenters.